The maximum absolute atomic E-state index is 12.7. The second kappa shape index (κ2) is 6.91. The topological polar surface area (TPSA) is 78.1 Å². The third-order valence-electron chi connectivity index (χ3n) is 4.55. The van der Waals surface area contributed by atoms with E-state index in [4.69, 9.17) is 11.6 Å². The van der Waals surface area contributed by atoms with Gasteiger partial charge in [-0.1, -0.05) is 18.5 Å². The third-order valence-corrected chi connectivity index (χ3v) is 4.93. The molecule has 1 aliphatic carbocycles. The number of nitrogens with zero attached hydrogens (tertiary/aromatic N) is 2. The molecular formula is C16H23ClN4O2. The first-order valence-corrected chi connectivity index (χ1v) is 8.80. The highest BCUT2D eigenvalue weighted by Crippen LogP contribution is 2.43. The smallest absolute Gasteiger partial charge is 0.275 e. The van der Waals surface area contributed by atoms with E-state index in [0.717, 1.165) is 37.8 Å². The lowest BCUT2D eigenvalue weighted by atomic mass is 9.97. The minimum absolute atomic E-state index is 0.0381. The van der Waals surface area contributed by atoms with Gasteiger partial charge in [0.05, 0.1) is 16.6 Å². The highest BCUT2D eigenvalue weighted by Gasteiger charge is 2.34. The van der Waals surface area contributed by atoms with Crippen LogP contribution in [0.4, 0.5) is 0 Å². The van der Waals surface area contributed by atoms with Crippen molar-refractivity contribution in [2.24, 2.45) is 5.92 Å². The van der Waals surface area contributed by atoms with Gasteiger partial charge in [0.15, 0.2) is 5.69 Å². The lowest BCUT2D eigenvalue weighted by Crippen LogP contribution is -2.45. The van der Waals surface area contributed by atoms with Crippen molar-refractivity contribution in [3.63, 3.8) is 0 Å². The SMILES string of the molecule is CCCNC(=O)[C@H]1CCCN(C(=O)c2n[nH]c(C3CC3)c2Cl)C1. The van der Waals surface area contributed by atoms with Crippen molar-refractivity contribution in [3.8, 4) is 0 Å². The van der Waals surface area contributed by atoms with E-state index in [1.54, 1.807) is 4.90 Å². The number of hydrogen-bond acceptors (Lipinski definition) is 3. The summed E-state index contributed by atoms with van der Waals surface area (Å²) in [6.07, 6.45) is 4.75. The Labute approximate surface area is 140 Å². The molecule has 2 fully saturated rings. The zero-order chi connectivity index (χ0) is 16.4. The zero-order valence-electron chi connectivity index (χ0n) is 13.4. The van der Waals surface area contributed by atoms with Crippen molar-refractivity contribution >= 4 is 23.4 Å². The molecule has 1 saturated carbocycles. The van der Waals surface area contributed by atoms with Gasteiger partial charge in [-0.2, -0.15) is 5.10 Å². The van der Waals surface area contributed by atoms with Crippen LogP contribution >= 0.6 is 11.6 Å². The summed E-state index contributed by atoms with van der Waals surface area (Å²) in [5.74, 6) is 0.146. The van der Waals surface area contributed by atoms with E-state index in [0.29, 0.717) is 36.3 Å². The van der Waals surface area contributed by atoms with Crippen LogP contribution in [0, 0.1) is 5.92 Å². The molecule has 0 bridgehead atoms. The van der Waals surface area contributed by atoms with Gasteiger partial charge in [-0.25, -0.2) is 0 Å². The third kappa shape index (κ3) is 3.52. The molecule has 126 valence electrons. The van der Waals surface area contributed by atoms with Crippen molar-refractivity contribution < 1.29 is 9.59 Å². The fourth-order valence-electron chi connectivity index (χ4n) is 3.04. The summed E-state index contributed by atoms with van der Waals surface area (Å²) in [4.78, 5) is 26.5. The van der Waals surface area contributed by atoms with Crippen molar-refractivity contribution in [2.75, 3.05) is 19.6 Å². The fraction of sp³-hybridized carbons (Fsp3) is 0.688. The Morgan fingerprint density at radius 2 is 2.17 bits per heavy atom. The maximum atomic E-state index is 12.7. The van der Waals surface area contributed by atoms with Crippen molar-refractivity contribution in [3.05, 3.63) is 16.4 Å². The summed E-state index contributed by atoms with van der Waals surface area (Å²) < 4.78 is 0. The van der Waals surface area contributed by atoms with E-state index < -0.39 is 0 Å². The minimum atomic E-state index is -0.175. The Morgan fingerprint density at radius 1 is 1.39 bits per heavy atom. The Balaban J connectivity index is 1.66. The number of aromatic amines is 1. The average Bonchev–Trinajstić information content (AvgIpc) is 3.34. The second-order valence-electron chi connectivity index (χ2n) is 6.46. The Kier molecular flexibility index (Phi) is 4.90. The van der Waals surface area contributed by atoms with Crippen LogP contribution in [0.15, 0.2) is 0 Å². The quantitative estimate of drug-likeness (QED) is 0.864. The normalized spacial score (nSPS) is 21.3. The van der Waals surface area contributed by atoms with E-state index in [1.807, 2.05) is 6.92 Å². The molecule has 1 atom stereocenters. The number of aromatic nitrogens is 2. The lowest BCUT2D eigenvalue weighted by Gasteiger charge is -2.31. The van der Waals surface area contributed by atoms with Crippen molar-refractivity contribution in [1.29, 1.82) is 0 Å². The number of likely N-dealkylation sites (tertiary alicyclic amines) is 1. The van der Waals surface area contributed by atoms with Gasteiger partial charge in [0.1, 0.15) is 0 Å². The second-order valence-corrected chi connectivity index (χ2v) is 6.83. The monoisotopic (exact) mass is 338 g/mol. The van der Waals surface area contributed by atoms with Gasteiger partial charge in [-0.3, -0.25) is 14.7 Å². The van der Waals surface area contributed by atoms with Gasteiger partial charge in [-0.15, -0.1) is 0 Å². The molecule has 0 spiro atoms. The summed E-state index contributed by atoms with van der Waals surface area (Å²) in [6, 6.07) is 0. The van der Waals surface area contributed by atoms with Gasteiger partial charge in [-0.05, 0) is 32.1 Å². The van der Waals surface area contributed by atoms with Crippen LogP contribution in [0.1, 0.15) is 61.1 Å². The van der Waals surface area contributed by atoms with Gasteiger partial charge in [0.25, 0.3) is 5.91 Å². The van der Waals surface area contributed by atoms with Crippen LogP contribution in [0.3, 0.4) is 0 Å². The highest BCUT2D eigenvalue weighted by molar-refractivity contribution is 6.34. The number of rotatable bonds is 5. The zero-order valence-corrected chi connectivity index (χ0v) is 14.2. The molecule has 1 aromatic rings. The number of carbonyl (C=O) groups excluding carboxylic acids is 2. The molecule has 0 aromatic carbocycles. The number of carbonyl (C=O) groups is 2. The standard InChI is InChI=1S/C16H23ClN4O2/c1-2-7-18-15(22)11-4-3-8-21(9-11)16(23)14-12(17)13(19-20-14)10-5-6-10/h10-11H,2-9H2,1H3,(H,18,22)(H,19,20)/t11-/m0/s1. The lowest BCUT2D eigenvalue weighted by molar-refractivity contribution is -0.126. The predicted molar refractivity (Wildman–Crippen MR) is 87.5 cm³/mol. The van der Waals surface area contributed by atoms with Crippen LogP contribution in [0.5, 0.6) is 0 Å². The molecule has 7 heteroatoms. The van der Waals surface area contributed by atoms with Crippen LogP contribution in [-0.2, 0) is 4.79 Å². The molecule has 0 radical (unpaired) electrons. The van der Waals surface area contributed by atoms with Gasteiger partial charge in [0.2, 0.25) is 5.91 Å². The van der Waals surface area contributed by atoms with E-state index in [-0.39, 0.29) is 17.7 Å². The molecule has 2 aliphatic rings. The van der Waals surface area contributed by atoms with E-state index in [2.05, 4.69) is 15.5 Å². The summed E-state index contributed by atoms with van der Waals surface area (Å²) in [5, 5.41) is 10.4. The van der Waals surface area contributed by atoms with Crippen LogP contribution in [0.25, 0.3) is 0 Å². The predicted octanol–water partition coefficient (Wildman–Crippen LogP) is 2.32. The molecule has 0 unspecified atom stereocenters. The summed E-state index contributed by atoms with van der Waals surface area (Å²) in [6.45, 7) is 3.79. The molecule has 1 aliphatic heterocycles. The van der Waals surface area contributed by atoms with E-state index >= 15 is 0 Å². The first-order chi connectivity index (χ1) is 11.1. The first kappa shape index (κ1) is 16.3. The van der Waals surface area contributed by atoms with Crippen molar-refractivity contribution in [1.82, 2.24) is 20.4 Å². The number of amides is 2. The number of halogens is 1. The number of H-pyrrole nitrogens is 1. The maximum Gasteiger partial charge on any atom is 0.275 e. The minimum Gasteiger partial charge on any atom is -0.356 e. The molecule has 6 nitrogen and oxygen atoms in total. The molecule has 23 heavy (non-hydrogen) atoms. The average molecular weight is 339 g/mol. The number of hydrogen-bond donors (Lipinski definition) is 2. The molecule has 3 rings (SSSR count). The molecule has 1 saturated heterocycles. The van der Waals surface area contributed by atoms with E-state index in [9.17, 15) is 9.59 Å². The molecule has 1 aromatic heterocycles. The molecular weight excluding hydrogens is 316 g/mol. The van der Waals surface area contributed by atoms with Crippen LogP contribution in [0.2, 0.25) is 5.02 Å². The summed E-state index contributed by atoms with van der Waals surface area (Å²) in [5.41, 5.74) is 1.17. The fourth-order valence-corrected chi connectivity index (χ4v) is 3.36. The Bertz CT molecular complexity index is 597. The van der Waals surface area contributed by atoms with Crippen molar-refractivity contribution in [2.45, 2.75) is 44.9 Å². The van der Waals surface area contributed by atoms with Crippen LogP contribution in [-0.4, -0.2) is 46.5 Å². The Hall–Kier alpha value is -1.56. The largest absolute Gasteiger partial charge is 0.356 e. The summed E-state index contributed by atoms with van der Waals surface area (Å²) in [7, 11) is 0. The number of nitrogens with one attached hydrogen (secondary N) is 2. The van der Waals surface area contributed by atoms with E-state index in [1.165, 1.54) is 0 Å². The van der Waals surface area contributed by atoms with Gasteiger partial charge in [0, 0.05) is 25.6 Å². The number of piperidine rings is 1. The van der Waals surface area contributed by atoms with Gasteiger partial charge < -0.3 is 10.2 Å². The first-order valence-electron chi connectivity index (χ1n) is 8.42. The summed E-state index contributed by atoms with van der Waals surface area (Å²) >= 11 is 6.32. The highest BCUT2D eigenvalue weighted by atomic mass is 35.5. The van der Waals surface area contributed by atoms with Gasteiger partial charge >= 0.3 is 0 Å². The molecule has 2 amide bonds. The molecule has 2 N–H and O–H groups in total. The Morgan fingerprint density at radius 3 is 2.87 bits per heavy atom. The van der Waals surface area contributed by atoms with Crippen LogP contribution < -0.4 is 5.32 Å². The molecule has 2 heterocycles.